The summed E-state index contributed by atoms with van der Waals surface area (Å²) < 4.78 is 0. The van der Waals surface area contributed by atoms with Gasteiger partial charge in [-0.3, -0.25) is 9.78 Å². The summed E-state index contributed by atoms with van der Waals surface area (Å²) in [5, 5.41) is 11.5. The van der Waals surface area contributed by atoms with Gasteiger partial charge in [0, 0.05) is 18.6 Å². The highest BCUT2D eigenvalue weighted by atomic mass is 16.3. The molecular weight excluding hydrogens is 218 g/mol. The van der Waals surface area contributed by atoms with E-state index in [9.17, 15) is 4.79 Å². The third-order valence-corrected chi connectivity index (χ3v) is 2.17. The van der Waals surface area contributed by atoms with Crippen molar-refractivity contribution in [2.24, 2.45) is 0 Å². The number of carbonyl (C=O) groups excluding carboxylic acids is 1. The molecule has 2 rings (SSSR count). The number of aromatic nitrogens is 2. The van der Waals surface area contributed by atoms with Crippen LogP contribution in [0, 0.1) is 0 Å². The van der Waals surface area contributed by atoms with Crippen LogP contribution in [0.1, 0.15) is 15.9 Å². The van der Waals surface area contributed by atoms with E-state index in [1.165, 1.54) is 12.4 Å². The fraction of sp³-hybridized carbons (Fsp3) is 0.0833. The van der Waals surface area contributed by atoms with Crippen LogP contribution in [-0.2, 0) is 6.61 Å². The summed E-state index contributed by atoms with van der Waals surface area (Å²) in [6.07, 6.45) is 4.60. The number of aliphatic hydroxyl groups is 1. The van der Waals surface area contributed by atoms with Crippen molar-refractivity contribution in [3.63, 3.8) is 0 Å². The summed E-state index contributed by atoms with van der Waals surface area (Å²) in [7, 11) is 0. The lowest BCUT2D eigenvalue weighted by molar-refractivity contribution is 0.102. The molecule has 2 aromatic rings. The predicted molar refractivity (Wildman–Crippen MR) is 62.4 cm³/mol. The predicted octanol–water partition coefficient (Wildman–Crippen LogP) is 1.22. The van der Waals surface area contributed by atoms with Gasteiger partial charge in [0.15, 0.2) is 0 Å². The van der Waals surface area contributed by atoms with Crippen LogP contribution in [0.4, 0.5) is 5.82 Å². The number of carbonyl (C=O) groups is 1. The molecule has 0 aromatic carbocycles. The molecule has 0 aliphatic heterocycles. The molecule has 86 valence electrons. The second-order valence-electron chi connectivity index (χ2n) is 3.41. The molecule has 1 amide bonds. The second-order valence-corrected chi connectivity index (χ2v) is 3.41. The number of hydrogen-bond donors (Lipinski definition) is 2. The fourth-order valence-corrected chi connectivity index (χ4v) is 1.28. The molecule has 0 radical (unpaired) electrons. The number of rotatable bonds is 3. The van der Waals surface area contributed by atoms with Gasteiger partial charge in [0.05, 0.1) is 12.2 Å². The minimum atomic E-state index is -0.262. The number of nitrogens with zero attached hydrogens (tertiary/aromatic N) is 2. The van der Waals surface area contributed by atoms with Crippen molar-refractivity contribution < 1.29 is 9.90 Å². The van der Waals surface area contributed by atoms with Crippen LogP contribution in [0.25, 0.3) is 0 Å². The van der Waals surface area contributed by atoms with Crippen molar-refractivity contribution in [1.29, 1.82) is 0 Å². The Bertz CT molecular complexity index is 497. The highest BCUT2D eigenvalue weighted by Crippen LogP contribution is 2.07. The molecule has 0 atom stereocenters. The highest BCUT2D eigenvalue weighted by molar-refractivity contribution is 6.03. The van der Waals surface area contributed by atoms with Gasteiger partial charge in [-0.1, -0.05) is 6.07 Å². The molecule has 5 nitrogen and oxygen atoms in total. The molecule has 0 saturated carbocycles. The van der Waals surface area contributed by atoms with E-state index >= 15 is 0 Å². The van der Waals surface area contributed by atoms with E-state index in [-0.39, 0.29) is 12.5 Å². The maximum atomic E-state index is 11.7. The summed E-state index contributed by atoms with van der Waals surface area (Å²) in [6, 6.07) is 6.70. The quantitative estimate of drug-likeness (QED) is 0.829. The first-order chi connectivity index (χ1) is 8.29. The first-order valence-electron chi connectivity index (χ1n) is 5.07. The van der Waals surface area contributed by atoms with E-state index in [2.05, 4.69) is 15.3 Å². The summed E-state index contributed by atoms with van der Waals surface area (Å²) in [6.45, 7) is -0.0656. The summed E-state index contributed by atoms with van der Waals surface area (Å²) in [5.74, 6) is 0.179. The van der Waals surface area contributed by atoms with Crippen LogP contribution in [0.15, 0.2) is 42.9 Å². The first-order valence-corrected chi connectivity index (χ1v) is 5.07. The number of nitrogens with one attached hydrogen (secondary N) is 1. The van der Waals surface area contributed by atoms with E-state index in [0.717, 1.165) is 0 Å². The zero-order chi connectivity index (χ0) is 12.1. The Morgan fingerprint density at radius 1 is 1.29 bits per heavy atom. The van der Waals surface area contributed by atoms with Crippen LogP contribution in [0.3, 0.4) is 0 Å². The average molecular weight is 229 g/mol. The van der Waals surface area contributed by atoms with Gasteiger partial charge in [0.2, 0.25) is 0 Å². The van der Waals surface area contributed by atoms with Gasteiger partial charge in [-0.15, -0.1) is 0 Å². The van der Waals surface area contributed by atoms with Crippen molar-refractivity contribution in [2.45, 2.75) is 6.61 Å². The average Bonchev–Trinajstić information content (AvgIpc) is 2.40. The Kier molecular flexibility index (Phi) is 3.42. The van der Waals surface area contributed by atoms with E-state index in [4.69, 9.17) is 5.11 Å². The van der Waals surface area contributed by atoms with Crippen molar-refractivity contribution in [3.05, 3.63) is 54.0 Å². The summed E-state index contributed by atoms with van der Waals surface area (Å²) in [5.41, 5.74) is 1.17. The van der Waals surface area contributed by atoms with Crippen LogP contribution in [-0.4, -0.2) is 21.0 Å². The standard InChI is InChI=1S/C12H11N3O2/c16-8-9-3-4-11(14-6-9)15-12(17)10-2-1-5-13-7-10/h1-7,16H,8H2,(H,14,15,17). The molecule has 0 aliphatic rings. The number of hydrogen-bond acceptors (Lipinski definition) is 4. The lowest BCUT2D eigenvalue weighted by atomic mass is 10.2. The van der Waals surface area contributed by atoms with E-state index in [1.807, 2.05) is 0 Å². The van der Waals surface area contributed by atoms with Crippen molar-refractivity contribution in [2.75, 3.05) is 5.32 Å². The van der Waals surface area contributed by atoms with Gasteiger partial charge in [-0.05, 0) is 23.8 Å². The van der Waals surface area contributed by atoms with Crippen molar-refractivity contribution >= 4 is 11.7 Å². The third kappa shape index (κ3) is 2.85. The number of pyridine rings is 2. The van der Waals surface area contributed by atoms with Crippen LogP contribution < -0.4 is 5.32 Å². The van der Waals surface area contributed by atoms with Gasteiger partial charge < -0.3 is 10.4 Å². The normalized spacial score (nSPS) is 9.94. The van der Waals surface area contributed by atoms with Crippen molar-refractivity contribution in [3.8, 4) is 0 Å². The molecule has 0 fully saturated rings. The zero-order valence-corrected chi connectivity index (χ0v) is 9.00. The van der Waals surface area contributed by atoms with E-state index in [0.29, 0.717) is 16.9 Å². The molecule has 17 heavy (non-hydrogen) atoms. The summed E-state index contributed by atoms with van der Waals surface area (Å²) >= 11 is 0. The number of aliphatic hydroxyl groups excluding tert-OH is 1. The highest BCUT2D eigenvalue weighted by Gasteiger charge is 2.05. The Hall–Kier alpha value is -2.27. The zero-order valence-electron chi connectivity index (χ0n) is 9.00. The maximum Gasteiger partial charge on any atom is 0.258 e. The Balaban J connectivity index is 2.08. The third-order valence-electron chi connectivity index (χ3n) is 2.17. The van der Waals surface area contributed by atoms with E-state index in [1.54, 1.807) is 30.5 Å². The molecule has 2 aromatic heterocycles. The Morgan fingerprint density at radius 3 is 2.76 bits per heavy atom. The largest absolute Gasteiger partial charge is 0.392 e. The molecule has 2 N–H and O–H groups in total. The monoisotopic (exact) mass is 229 g/mol. The first kappa shape index (κ1) is 11.2. The van der Waals surface area contributed by atoms with Crippen LogP contribution >= 0.6 is 0 Å². The molecular formula is C12H11N3O2. The van der Waals surface area contributed by atoms with Gasteiger partial charge in [0.25, 0.3) is 5.91 Å². The van der Waals surface area contributed by atoms with Crippen molar-refractivity contribution in [1.82, 2.24) is 9.97 Å². The summed E-state index contributed by atoms with van der Waals surface area (Å²) in [4.78, 5) is 19.6. The Morgan fingerprint density at radius 2 is 2.18 bits per heavy atom. The van der Waals surface area contributed by atoms with Gasteiger partial charge in [-0.25, -0.2) is 4.98 Å². The molecule has 0 aliphatic carbocycles. The van der Waals surface area contributed by atoms with Gasteiger partial charge >= 0.3 is 0 Å². The minimum absolute atomic E-state index is 0.0656. The molecule has 5 heteroatoms. The fourth-order valence-electron chi connectivity index (χ4n) is 1.28. The Labute approximate surface area is 98.2 Å². The smallest absolute Gasteiger partial charge is 0.258 e. The maximum absolute atomic E-state index is 11.7. The molecule has 0 bridgehead atoms. The van der Waals surface area contributed by atoms with Crippen LogP contribution in [0.2, 0.25) is 0 Å². The van der Waals surface area contributed by atoms with Crippen LogP contribution in [0.5, 0.6) is 0 Å². The second kappa shape index (κ2) is 5.18. The molecule has 0 unspecified atom stereocenters. The van der Waals surface area contributed by atoms with Gasteiger partial charge in [0.1, 0.15) is 5.82 Å². The number of amides is 1. The molecule has 0 saturated heterocycles. The lowest BCUT2D eigenvalue weighted by Gasteiger charge is -2.04. The number of anilines is 1. The topological polar surface area (TPSA) is 75.1 Å². The van der Waals surface area contributed by atoms with E-state index < -0.39 is 0 Å². The molecule has 2 heterocycles. The molecule has 0 spiro atoms. The van der Waals surface area contributed by atoms with Gasteiger partial charge in [-0.2, -0.15) is 0 Å². The minimum Gasteiger partial charge on any atom is -0.392 e. The lowest BCUT2D eigenvalue weighted by Crippen LogP contribution is -2.13. The SMILES string of the molecule is O=C(Nc1ccc(CO)cn1)c1cccnc1.